The second-order valence-corrected chi connectivity index (χ2v) is 10.2. The Kier molecular flexibility index (Phi) is 8.66. The zero-order valence-corrected chi connectivity index (χ0v) is 21.0. The highest BCUT2D eigenvalue weighted by molar-refractivity contribution is 6.01. The van der Waals surface area contributed by atoms with Crippen LogP contribution in [-0.2, 0) is 14.3 Å². The summed E-state index contributed by atoms with van der Waals surface area (Å²) in [6.07, 6.45) is -1.01. The molecule has 194 valence electrons. The van der Waals surface area contributed by atoms with Crippen molar-refractivity contribution in [3.05, 3.63) is 33.9 Å². The van der Waals surface area contributed by atoms with Crippen LogP contribution in [0.5, 0.6) is 0 Å². The topological polar surface area (TPSA) is 152 Å². The number of ether oxygens (including phenoxy) is 2. The minimum atomic E-state index is -1.19. The van der Waals surface area contributed by atoms with E-state index in [1.807, 2.05) is 4.90 Å². The van der Waals surface area contributed by atoms with Gasteiger partial charge in [-0.3, -0.25) is 14.9 Å². The molecule has 1 aliphatic heterocycles. The van der Waals surface area contributed by atoms with Gasteiger partial charge in [-0.25, -0.2) is 9.59 Å². The van der Waals surface area contributed by atoms with Gasteiger partial charge in [-0.2, -0.15) is 0 Å². The summed E-state index contributed by atoms with van der Waals surface area (Å²) in [6.45, 7) is 11.5. The van der Waals surface area contributed by atoms with Gasteiger partial charge >= 0.3 is 12.1 Å². The Morgan fingerprint density at radius 1 is 1.09 bits per heavy atom. The molecule has 1 saturated heterocycles. The number of nitrogens with zero attached hydrogens (tertiary/aromatic N) is 3. The van der Waals surface area contributed by atoms with Crippen molar-refractivity contribution < 1.29 is 33.9 Å². The summed E-state index contributed by atoms with van der Waals surface area (Å²) in [5, 5.41) is 23.3. The fourth-order valence-electron chi connectivity index (χ4n) is 3.33. The van der Waals surface area contributed by atoms with E-state index >= 15 is 0 Å². The number of anilines is 1. The van der Waals surface area contributed by atoms with Gasteiger partial charge in [0.2, 0.25) is 0 Å². The average Bonchev–Trinajstić information content (AvgIpc) is 2.74. The van der Waals surface area contributed by atoms with Crippen LogP contribution in [0, 0.1) is 10.1 Å². The molecule has 1 heterocycles. The third kappa shape index (κ3) is 8.39. The number of esters is 1. The number of nitro benzene ring substituents is 1. The molecule has 1 aromatic carbocycles. The molecule has 0 aromatic heterocycles. The molecule has 2 amide bonds. The van der Waals surface area contributed by atoms with Gasteiger partial charge < -0.3 is 29.7 Å². The van der Waals surface area contributed by atoms with E-state index in [4.69, 9.17) is 14.6 Å². The van der Waals surface area contributed by atoms with Crippen LogP contribution in [0.25, 0.3) is 0 Å². The number of nitro groups is 1. The van der Waals surface area contributed by atoms with E-state index in [1.165, 1.54) is 23.1 Å². The van der Waals surface area contributed by atoms with Crippen LogP contribution in [0.3, 0.4) is 0 Å². The van der Waals surface area contributed by atoms with E-state index < -0.39 is 45.8 Å². The average molecular weight is 495 g/mol. The van der Waals surface area contributed by atoms with Crippen LogP contribution < -0.4 is 10.2 Å². The van der Waals surface area contributed by atoms with E-state index in [0.29, 0.717) is 18.8 Å². The summed E-state index contributed by atoms with van der Waals surface area (Å²) in [5.74, 6) is -1.55. The van der Waals surface area contributed by atoms with Crippen molar-refractivity contribution in [2.24, 2.45) is 0 Å². The highest BCUT2D eigenvalue weighted by Gasteiger charge is 2.31. The number of piperazine rings is 1. The number of nitrogens with one attached hydrogen (secondary N) is 1. The molecule has 0 aliphatic carbocycles. The molecule has 1 atom stereocenters. The maximum atomic E-state index is 13.2. The largest absolute Gasteiger partial charge is 0.465 e. The van der Waals surface area contributed by atoms with Gasteiger partial charge in [-0.1, -0.05) is 0 Å². The third-order valence-electron chi connectivity index (χ3n) is 5.02. The maximum Gasteiger partial charge on any atom is 0.407 e. The summed E-state index contributed by atoms with van der Waals surface area (Å²) in [4.78, 5) is 51.1. The number of carbonyl (C=O) groups is 3. The quantitative estimate of drug-likeness (QED) is 0.331. The standard InChI is InChI=1S/C23H34N4O8/c1-22(2,3)34-14-17(20(29)35-23(4,5)6)24-19(28)16-13-15(7-8-18(16)27(32)33)25-9-11-26(12-10-25)21(30)31/h7-8,13,17H,9-12,14H2,1-6H3,(H,24,28)(H,30,31). The first kappa shape index (κ1) is 27.8. The van der Waals surface area contributed by atoms with Gasteiger partial charge in [0.1, 0.15) is 11.2 Å². The number of hydrogen-bond acceptors (Lipinski definition) is 8. The number of hydrogen-bond donors (Lipinski definition) is 2. The van der Waals surface area contributed by atoms with Gasteiger partial charge in [-0.15, -0.1) is 0 Å². The number of benzene rings is 1. The zero-order chi connectivity index (χ0) is 26.6. The summed E-state index contributed by atoms with van der Waals surface area (Å²) in [6, 6.07) is 2.92. The zero-order valence-electron chi connectivity index (χ0n) is 21.0. The lowest BCUT2D eigenvalue weighted by molar-refractivity contribution is -0.385. The second-order valence-electron chi connectivity index (χ2n) is 10.2. The van der Waals surface area contributed by atoms with Crippen LogP contribution >= 0.6 is 0 Å². The molecule has 1 unspecified atom stereocenters. The van der Waals surface area contributed by atoms with Crippen molar-refractivity contribution in [1.82, 2.24) is 10.2 Å². The Hall–Kier alpha value is -3.41. The number of rotatable bonds is 7. The maximum absolute atomic E-state index is 13.2. The summed E-state index contributed by atoms with van der Waals surface area (Å²) in [5.41, 5.74) is -1.53. The van der Waals surface area contributed by atoms with Gasteiger partial charge in [-0.05, 0) is 53.7 Å². The van der Waals surface area contributed by atoms with Gasteiger partial charge in [0.25, 0.3) is 11.6 Å². The lowest BCUT2D eigenvalue weighted by Crippen LogP contribution is -2.49. The van der Waals surface area contributed by atoms with E-state index in [1.54, 1.807) is 41.5 Å². The van der Waals surface area contributed by atoms with Crippen LogP contribution in [0.1, 0.15) is 51.9 Å². The SMILES string of the molecule is CC(C)(C)OCC(NC(=O)c1cc(N2CCN(C(=O)O)CC2)ccc1[N+](=O)[O-])C(=O)OC(C)(C)C. The van der Waals surface area contributed by atoms with Gasteiger partial charge in [0.15, 0.2) is 6.04 Å². The summed E-state index contributed by atoms with van der Waals surface area (Å²) >= 11 is 0. The van der Waals surface area contributed by atoms with Crippen molar-refractivity contribution in [2.75, 3.05) is 37.7 Å². The lowest BCUT2D eigenvalue weighted by Gasteiger charge is -2.34. The van der Waals surface area contributed by atoms with Crippen LogP contribution in [0.4, 0.5) is 16.2 Å². The van der Waals surface area contributed by atoms with E-state index in [2.05, 4.69) is 5.32 Å². The molecule has 1 aliphatic rings. The second kappa shape index (κ2) is 10.9. The van der Waals surface area contributed by atoms with Crippen LogP contribution in [-0.4, -0.2) is 82.9 Å². The molecule has 2 N–H and O–H groups in total. The molecule has 0 spiro atoms. The molecule has 0 radical (unpaired) electrons. The summed E-state index contributed by atoms with van der Waals surface area (Å²) in [7, 11) is 0. The fraction of sp³-hybridized carbons (Fsp3) is 0.609. The monoisotopic (exact) mass is 494 g/mol. The molecule has 35 heavy (non-hydrogen) atoms. The molecule has 0 bridgehead atoms. The molecule has 2 rings (SSSR count). The minimum Gasteiger partial charge on any atom is -0.465 e. The first-order valence-corrected chi connectivity index (χ1v) is 11.3. The lowest BCUT2D eigenvalue weighted by atomic mass is 10.1. The number of amides is 2. The Bertz CT molecular complexity index is 959. The molecule has 1 aromatic rings. The Morgan fingerprint density at radius 2 is 1.69 bits per heavy atom. The van der Waals surface area contributed by atoms with Gasteiger partial charge in [0, 0.05) is 37.9 Å². The number of carbonyl (C=O) groups excluding carboxylic acids is 2. The van der Waals surface area contributed by atoms with Gasteiger partial charge in [0.05, 0.1) is 17.1 Å². The molecule has 0 saturated carbocycles. The highest BCUT2D eigenvalue weighted by Crippen LogP contribution is 2.26. The molecular formula is C23H34N4O8. The molecule has 12 nitrogen and oxygen atoms in total. The highest BCUT2D eigenvalue weighted by atomic mass is 16.6. The van der Waals surface area contributed by atoms with Crippen molar-refractivity contribution in [1.29, 1.82) is 0 Å². The van der Waals surface area contributed by atoms with E-state index in [0.717, 1.165) is 0 Å². The third-order valence-corrected chi connectivity index (χ3v) is 5.02. The van der Waals surface area contributed by atoms with Crippen LogP contribution in [0.2, 0.25) is 0 Å². The molecule has 1 fully saturated rings. The van der Waals surface area contributed by atoms with E-state index in [9.17, 15) is 24.5 Å². The Labute approximate surface area is 204 Å². The number of carboxylic acid groups (broad SMARTS) is 1. The predicted octanol–water partition coefficient (Wildman–Crippen LogP) is 2.65. The fourth-order valence-corrected chi connectivity index (χ4v) is 3.33. The predicted molar refractivity (Wildman–Crippen MR) is 128 cm³/mol. The molecule has 12 heteroatoms. The van der Waals surface area contributed by atoms with Crippen molar-refractivity contribution in [2.45, 2.75) is 58.8 Å². The minimum absolute atomic E-state index is 0.186. The van der Waals surface area contributed by atoms with Crippen LogP contribution in [0.15, 0.2) is 18.2 Å². The normalized spacial score (nSPS) is 15.4. The van der Waals surface area contributed by atoms with Crippen molar-refractivity contribution in [3.8, 4) is 0 Å². The van der Waals surface area contributed by atoms with Crippen molar-refractivity contribution >= 4 is 29.3 Å². The summed E-state index contributed by atoms with van der Waals surface area (Å²) < 4.78 is 11.1. The Balaban J connectivity index is 2.30. The Morgan fingerprint density at radius 3 is 2.17 bits per heavy atom. The van der Waals surface area contributed by atoms with Crippen molar-refractivity contribution in [3.63, 3.8) is 0 Å². The smallest absolute Gasteiger partial charge is 0.407 e. The molecular weight excluding hydrogens is 460 g/mol. The van der Waals surface area contributed by atoms with E-state index in [-0.39, 0.29) is 25.3 Å². The first-order valence-electron chi connectivity index (χ1n) is 11.3. The first-order chi connectivity index (χ1) is 16.1.